The van der Waals surface area contributed by atoms with Gasteiger partial charge < -0.3 is 8.98 Å². The molecule has 30 heavy (non-hydrogen) atoms. The van der Waals surface area contributed by atoms with Crippen LogP contribution in [0.3, 0.4) is 0 Å². The maximum atomic E-state index is 13.0. The molecular formula is C26H16N2O2. The van der Waals surface area contributed by atoms with E-state index in [1.165, 1.54) is 0 Å². The van der Waals surface area contributed by atoms with Crippen LogP contribution >= 0.6 is 0 Å². The van der Waals surface area contributed by atoms with E-state index in [0.717, 1.165) is 33.4 Å². The molecular weight excluding hydrogens is 372 g/mol. The van der Waals surface area contributed by atoms with Crippen LogP contribution in [0.4, 0.5) is 0 Å². The molecule has 0 spiro atoms. The maximum absolute atomic E-state index is 13.0. The summed E-state index contributed by atoms with van der Waals surface area (Å²) < 4.78 is 8.02. The lowest BCUT2D eigenvalue weighted by Gasteiger charge is -2.15. The van der Waals surface area contributed by atoms with Crippen molar-refractivity contribution in [2.24, 2.45) is 0 Å². The molecule has 0 aliphatic carbocycles. The Bertz CT molecular complexity index is 1520. The van der Waals surface area contributed by atoms with Crippen LogP contribution < -0.4 is 5.43 Å². The summed E-state index contributed by atoms with van der Waals surface area (Å²) in [6.07, 6.45) is 0. The van der Waals surface area contributed by atoms with Crippen LogP contribution in [-0.2, 0) is 0 Å². The molecule has 142 valence electrons. The van der Waals surface area contributed by atoms with Crippen molar-refractivity contribution in [3.05, 3.63) is 107 Å². The van der Waals surface area contributed by atoms with Gasteiger partial charge in [0.1, 0.15) is 5.52 Å². The molecule has 0 unspecified atom stereocenters. The first-order valence-electron chi connectivity index (χ1n) is 9.78. The van der Waals surface area contributed by atoms with Crippen molar-refractivity contribution < 1.29 is 4.42 Å². The van der Waals surface area contributed by atoms with E-state index in [-0.39, 0.29) is 5.43 Å². The Kier molecular flexibility index (Phi) is 3.59. The summed E-state index contributed by atoms with van der Waals surface area (Å²) in [5.74, 6) is 0.595. The molecule has 4 heteroatoms. The lowest BCUT2D eigenvalue weighted by molar-refractivity contribution is 0.620. The minimum absolute atomic E-state index is 0.0561. The van der Waals surface area contributed by atoms with Gasteiger partial charge in [0.25, 0.3) is 0 Å². The molecule has 6 rings (SSSR count). The lowest BCUT2D eigenvalue weighted by Crippen LogP contribution is -2.10. The average molecular weight is 388 g/mol. The second-order valence-electron chi connectivity index (χ2n) is 7.23. The zero-order valence-corrected chi connectivity index (χ0v) is 15.9. The van der Waals surface area contributed by atoms with Crippen molar-refractivity contribution in [2.75, 3.05) is 0 Å². The average Bonchev–Trinajstić information content (AvgIpc) is 3.24. The topological polar surface area (TPSA) is 48.0 Å². The minimum Gasteiger partial charge on any atom is -0.436 e. The minimum atomic E-state index is 0.0561. The Labute approximate surface area is 171 Å². The van der Waals surface area contributed by atoms with Gasteiger partial charge in [-0.15, -0.1) is 0 Å². The molecule has 0 saturated heterocycles. The fourth-order valence-corrected chi connectivity index (χ4v) is 4.02. The van der Waals surface area contributed by atoms with E-state index in [2.05, 4.69) is 9.55 Å². The first-order valence-corrected chi connectivity index (χ1v) is 9.78. The molecule has 6 aromatic rings. The maximum Gasteiger partial charge on any atom is 0.227 e. The van der Waals surface area contributed by atoms with Crippen molar-refractivity contribution in [1.29, 1.82) is 0 Å². The highest BCUT2D eigenvalue weighted by molar-refractivity contribution is 5.95. The third-order valence-electron chi connectivity index (χ3n) is 5.45. The van der Waals surface area contributed by atoms with E-state index in [1.807, 2.05) is 97.1 Å². The van der Waals surface area contributed by atoms with Crippen LogP contribution in [-0.4, -0.2) is 9.55 Å². The Morgan fingerprint density at radius 3 is 1.93 bits per heavy atom. The summed E-state index contributed by atoms with van der Waals surface area (Å²) in [5, 5.41) is 1.42. The number of aromatic nitrogens is 2. The number of benzene rings is 4. The summed E-state index contributed by atoms with van der Waals surface area (Å²) in [6.45, 7) is 0. The van der Waals surface area contributed by atoms with Crippen LogP contribution in [0.1, 0.15) is 0 Å². The summed E-state index contributed by atoms with van der Waals surface area (Å²) in [5.41, 5.74) is 5.32. The van der Waals surface area contributed by atoms with Gasteiger partial charge in [0.2, 0.25) is 5.89 Å². The Balaban J connectivity index is 1.57. The molecule has 4 nitrogen and oxygen atoms in total. The van der Waals surface area contributed by atoms with E-state index in [9.17, 15) is 4.79 Å². The number of pyridine rings is 1. The van der Waals surface area contributed by atoms with Gasteiger partial charge in [-0.1, -0.05) is 36.4 Å². The number of fused-ring (bicyclic) bond motifs is 3. The van der Waals surface area contributed by atoms with Crippen molar-refractivity contribution in [2.45, 2.75) is 0 Å². The van der Waals surface area contributed by atoms with Gasteiger partial charge in [0.15, 0.2) is 11.0 Å². The number of nitrogens with zero attached hydrogens (tertiary/aromatic N) is 2. The van der Waals surface area contributed by atoms with Crippen LogP contribution in [0.2, 0.25) is 0 Å². The first kappa shape index (κ1) is 16.7. The number of oxazole rings is 1. The highest BCUT2D eigenvalue weighted by Crippen LogP contribution is 2.28. The molecule has 0 aliphatic heterocycles. The molecule has 0 atom stereocenters. The second-order valence-corrected chi connectivity index (χ2v) is 7.23. The highest BCUT2D eigenvalue weighted by Gasteiger charge is 2.13. The van der Waals surface area contributed by atoms with Crippen LogP contribution in [0, 0.1) is 0 Å². The Morgan fingerprint density at radius 1 is 0.667 bits per heavy atom. The SMILES string of the molecule is O=c1c2ccccc2n(-c2ccc(-c3nc4ccccc4o3)cc2)c2ccccc12. The molecule has 0 fully saturated rings. The van der Waals surface area contributed by atoms with Gasteiger partial charge in [0.05, 0.1) is 11.0 Å². The predicted octanol–water partition coefficient (Wildman–Crippen LogP) is 5.95. The van der Waals surface area contributed by atoms with Crippen molar-refractivity contribution in [3.63, 3.8) is 0 Å². The third kappa shape index (κ3) is 2.47. The van der Waals surface area contributed by atoms with Gasteiger partial charge in [-0.05, 0) is 60.7 Å². The van der Waals surface area contributed by atoms with E-state index >= 15 is 0 Å². The lowest BCUT2D eigenvalue weighted by atomic mass is 10.1. The van der Waals surface area contributed by atoms with E-state index in [4.69, 9.17) is 4.42 Å². The molecule has 2 aromatic heterocycles. The van der Waals surface area contributed by atoms with Crippen molar-refractivity contribution in [1.82, 2.24) is 9.55 Å². The smallest absolute Gasteiger partial charge is 0.227 e. The van der Waals surface area contributed by atoms with E-state index in [0.29, 0.717) is 16.7 Å². The highest BCUT2D eigenvalue weighted by atomic mass is 16.3. The quantitative estimate of drug-likeness (QED) is 0.344. The van der Waals surface area contributed by atoms with Crippen LogP contribution in [0.25, 0.3) is 50.0 Å². The van der Waals surface area contributed by atoms with Gasteiger partial charge in [-0.3, -0.25) is 4.79 Å². The number of rotatable bonds is 2. The molecule has 2 heterocycles. The first-order chi connectivity index (χ1) is 14.8. The van der Waals surface area contributed by atoms with E-state index < -0.39 is 0 Å². The van der Waals surface area contributed by atoms with Crippen molar-refractivity contribution in [3.8, 4) is 17.1 Å². The van der Waals surface area contributed by atoms with Gasteiger partial charge in [0, 0.05) is 22.0 Å². The Hall–Kier alpha value is -4.18. The zero-order valence-electron chi connectivity index (χ0n) is 15.9. The standard InChI is InChI=1S/C26H16N2O2/c29-25-19-7-1-4-10-22(19)28(23-11-5-2-8-20(23)25)18-15-13-17(14-16-18)26-27-21-9-3-6-12-24(21)30-26/h1-16H. The molecule has 0 bridgehead atoms. The summed E-state index contributed by atoms with van der Waals surface area (Å²) in [4.78, 5) is 17.5. The summed E-state index contributed by atoms with van der Waals surface area (Å²) >= 11 is 0. The van der Waals surface area contributed by atoms with E-state index in [1.54, 1.807) is 0 Å². The monoisotopic (exact) mass is 388 g/mol. The van der Waals surface area contributed by atoms with Crippen LogP contribution in [0.15, 0.2) is 106 Å². The normalized spacial score (nSPS) is 11.5. The second kappa shape index (κ2) is 6.42. The number of hydrogen-bond donors (Lipinski definition) is 0. The molecule has 0 amide bonds. The van der Waals surface area contributed by atoms with Gasteiger partial charge in [-0.2, -0.15) is 0 Å². The Morgan fingerprint density at radius 2 is 1.27 bits per heavy atom. The largest absolute Gasteiger partial charge is 0.436 e. The third-order valence-corrected chi connectivity index (χ3v) is 5.45. The molecule has 0 radical (unpaired) electrons. The van der Waals surface area contributed by atoms with Gasteiger partial charge in [-0.25, -0.2) is 4.98 Å². The zero-order chi connectivity index (χ0) is 20.1. The fourth-order valence-electron chi connectivity index (χ4n) is 4.02. The fraction of sp³-hybridized carbons (Fsp3) is 0. The molecule has 0 N–H and O–H groups in total. The van der Waals surface area contributed by atoms with Crippen molar-refractivity contribution >= 4 is 32.9 Å². The molecule has 0 aliphatic rings. The molecule has 0 saturated carbocycles. The predicted molar refractivity (Wildman–Crippen MR) is 120 cm³/mol. The number of hydrogen-bond acceptors (Lipinski definition) is 3. The van der Waals surface area contributed by atoms with Crippen LogP contribution in [0.5, 0.6) is 0 Å². The van der Waals surface area contributed by atoms with Gasteiger partial charge >= 0.3 is 0 Å². The molecule has 4 aromatic carbocycles. The number of para-hydroxylation sites is 4. The summed E-state index contributed by atoms with van der Waals surface area (Å²) in [7, 11) is 0. The summed E-state index contributed by atoms with van der Waals surface area (Å²) in [6, 6.07) is 31.3.